The molecule has 0 amide bonds. The predicted molar refractivity (Wildman–Crippen MR) is 88.7 cm³/mol. The molecule has 124 valence electrons. The Balaban J connectivity index is 2.23. The molecule has 2 aliphatic rings. The lowest BCUT2D eigenvalue weighted by molar-refractivity contribution is -0.119. The number of allylic oxidation sites excluding steroid dienone is 3. The Bertz CT molecular complexity index is 812. The molecule has 1 heterocycles. The van der Waals surface area contributed by atoms with Gasteiger partial charge >= 0.3 is 0 Å². The van der Waals surface area contributed by atoms with Crippen LogP contribution < -0.4 is 10.5 Å². The largest absolute Gasteiger partial charge is 0.496 e. The molecule has 24 heavy (non-hydrogen) atoms. The minimum Gasteiger partial charge on any atom is -0.496 e. The fourth-order valence-electron chi connectivity index (χ4n) is 3.50. The zero-order valence-corrected chi connectivity index (χ0v) is 14.1. The molecule has 0 bridgehead atoms. The van der Waals surface area contributed by atoms with Crippen LogP contribution >= 0.6 is 0 Å². The molecule has 0 spiro atoms. The highest BCUT2D eigenvalue weighted by Gasteiger charge is 2.43. The van der Waals surface area contributed by atoms with Gasteiger partial charge < -0.3 is 15.2 Å². The van der Waals surface area contributed by atoms with Crippen molar-refractivity contribution in [2.24, 2.45) is 11.1 Å². The quantitative estimate of drug-likeness (QED) is 0.903. The molecule has 3 rings (SSSR count). The van der Waals surface area contributed by atoms with Crippen LogP contribution in [0.5, 0.6) is 5.75 Å². The number of nitrogens with two attached hydrogens (primary N) is 1. The summed E-state index contributed by atoms with van der Waals surface area (Å²) in [6.07, 6.45) is 1.03. The molecule has 1 aliphatic carbocycles. The van der Waals surface area contributed by atoms with Crippen molar-refractivity contribution < 1.29 is 14.3 Å². The van der Waals surface area contributed by atoms with E-state index in [1.165, 1.54) is 0 Å². The normalized spacial score (nSPS) is 22.6. The first-order valence-corrected chi connectivity index (χ1v) is 7.84. The van der Waals surface area contributed by atoms with Gasteiger partial charge in [0.1, 0.15) is 23.2 Å². The molecule has 0 fully saturated rings. The van der Waals surface area contributed by atoms with Gasteiger partial charge in [-0.1, -0.05) is 32.0 Å². The maximum atomic E-state index is 12.8. The number of hydrogen-bond donors (Lipinski definition) is 1. The van der Waals surface area contributed by atoms with E-state index in [2.05, 4.69) is 6.07 Å². The van der Waals surface area contributed by atoms with Crippen molar-refractivity contribution in [1.82, 2.24) is 0 Å². The van der Waals surface area contributed by atoms with Gasteiger partial charge in [-0.05, 0) is 11.5 Å². The summed E-state index contributed by atoms with van der Waals surface area (Å²) >= 11 is 0. The van der Waals surface area contributed by atoms with Crippen molar-refractivity contribution in [2.45, 2.75) is 32.6 Å². The van der Waals surface area contributed by atoms with Crippen LogP contribution in [0.15, 0.2) is 47.1 Å². The van der Waals surface area contributed by atoms with Crippen LogP contribution in [0.3, 0.4) is 0 Å². The highest BCUT2D eigenvalue weighted by molar-refractivity contribution is 6.00. The van der Waals surface area contributed by atoms with Crippen LogP contribution in [-0.2, 0) is 9.53 Å². The fourth-order valence-corrected chi connectivity index (χ4v) is 3.50. The topological polar surface area (TPSA) is 85.3 Å². The first-order valence-electron chi connectivity index (χ1n) is 7.84. The molecule has 5 heteroatoms. The number of carbonyl (C=O) groups excluding carboxylic acids is 1. The first-order chi connectivity index (χ1) is 11.4. The van der Waals surface area contributed by atoms with E-state index >= 15 is 0 Å². The Morgan fingerprint density at radius 3 is 2.71 bits per heavy atom. The molecule has 5 nitrogen and oxygen atoms in total. The average molecular weight is 324 g/mol. The van der Waals surface area contributed by atoms with Gasteiger partial charge in [-0.3, -0.25) is 4.79 Å². The summed E-state index contributed by atoms with van der Waals surface area (Å²) in [6.45, 7) is 4.05. The molecule has 1 aromatic rings. The first kappa shape index (κ1) is 16.1. The van der Waals surface area contributed by atoms with Gasteiger partial charge in [0.15, 0.2) is 5.78 Å². The third-order valence-corrected chi connectivity index (χ3v) is 4.53. The Kier molecular flexibility index (Phi) is 3.84. The molecule has 1 aliphatic heterocycles. The van der Waals surface area contributed by atoms with Gasteiger partial charge in [0.05, 0.1) is 13.0 Å². The number of benzene rings is 1. The van der Waals surface area contributed by atoms with Gasteiger partial charge in [0.25, 0.3) is 0 Å². The summed E-state index contributed by atoms with van der Waals surface area (Å²) < 4.78 is 11.1. The molecule has 0 radical (unpaired) electrons. The van der Waals surface area contributed by atoms with E-state index in [0.717, 1.165) is 5.56 Å². The van der Waals surface area contributed by atoms with E-state index in [4.69, 9.17) is 15.2 Å². The van der Waals surface area contributed by atoms with Crippen molar-refractivity contribution in [1.29, 1.82) is 5.26 Å². The summed E-state index contributed by atoms with van der Waals surface area (Å²) in [5, 5.41) is 9.59. The molecule has 0 unspecified atom stereocenters. The van der Waals surface area contributed by atoms with E-state index in [1.807, 2.05) is 38.1 Å². The molecule has 0 aromatic heterocycles. The summed E-state index contributed by atoms with van der Waals surface area (Å²) in [5.41, 5.74) is 7.35. The molecule has 0 saturated heterocycles. The van der Waals surface area contributed by atoms with Crippen LogP contribution in [0.1, 0.15) is 38.2 Å². The predicted octanol–water partition coefficient (Wildman–Crippen LogP) is 3.15. The van der Waals surface area contributed by atoms with Gasteiger partial charge in [0, 0.05) is 24.0 Å². The Labute approximate surface area is 141 Å². The molecule has 1 atom stereocenters. The second kappa shape index (κ2) is 5.72. The maximum Gasteiger partial charge on any atom is 0.205 e. The summed E-state index contributed by atoms with van der Waals surface area (Å²) in [4.78, 5) is 12.8. The van der Waals surface area contributed by atoms with Gasteiger partial charge in [0.2, 0.25) is 5.88 Å². The van der Waals surface area contributed by atoms with E-state index in [9.17, 15) is 10.1 Å². The molecule has 0 saturated carbocycles. The standard InChI is InChI=1S/C19H20N2O3/c1-19(2)8-13(22)17-15(9-19)24-18(21)12(10-20)16(17)11-6-4-5-7-14(11)23-3/h4-7,16H,8-9,21H2,1-3H3/t16-/m0/s1. The van der Waals surface area contributed by atoms with E-state index in [0.29, 0.717) is 29.9 Å². The molecule has 1 aromatic carbocycles. The monoisotopic (exact) mass is 324 g/mol. The summed E-state index contributed by atoms with van der Waals surface area (Å²) in [7, 11) is 1.57. The van der Waals surface area contributed by atoms with Crippen molar-refractivity contribution in [3.05, 3.63) is 52.6 Å². The van der Waals surface area contributed by atoms with Crippen LogP contribution in [0.25, 0.3) is 0 Å². The number of hydrogen-bond acceptors (Lipinski definition) is 5. The smallest absolute Gasteiger partial charge is 0.205 e. The van der Waals surface area contributed by atoms with Gasteiger partial charge in [-0.15, -0.1) is 0 Å². The van der Waals surface area contributed by atoms with E-state index in [1.54, 1.807) is 7.11 Å². The van der Waals surface area contributed by atoms with Crippen LogP contribution in [0.4, 0.5) is 0 Å². The number of ether oxygens (including phenoxy) is 2. The Morgan fingerprint density at radius 1 is 1.33 bits per heavy atom. The number of Topliss-reactive ketones (excluding diaryl/α,β-unsaturated/α-hetero) is 1. The number of methoxy groups -OCH3 is 1. The fraction of sp³-hybridized carbons (Fsp3) is 0.368. The lowest BCUT2D eigenvalue weighted by Gasteiger charge is -2.37. The maximum absolute atomic E-state index is 12.8. The van der Waals surface area contributed by atoms with Crippen LogP contribution in [0, 0.1) is 16.7 Å². The third-order valence-electron chi connectivity index (χ3n) is 4.53. The van der Waals surface area contributed by atoms with Crippen molar-refractivity contribution in [2.75, 3.05) is 7.11 Å². The summed E-state index contributed by atoms with van der Waals surface area (Å²) in [6, 6.07) is 9.49. The number of para-hydroxylation sites is 1. The molecule has 2 N–H and O–H groups in total. The van der Waals surface area contributed by atoms with Crippen LogP contribution in [0.2, 0.25) is 0 Å². The highest BCUT2D eigenvalue weighted by Crippen LogP contribution is 2.49. The van der Waals surface area contributed by atoms with Crippen molar-refractivity contribution in [3.63, 3.8) is 0 Å². The Hall–Kier alpha value is -2.74. The van der Waals surface area contributed by atoms with E-state index in [-0.39, 0.29) is 22.7 Å². The molecular weight excluding hydrogens is 304 g/mol. The highest BCUT2D eigenvalue weighted by atomic mass is 16.5. The summed E-state index contributed by atoms with van der Waals surface area (Å²) in [5.74, 6) is 0.714. The lowest BCUT2D eigenvalue weighted by atomic mass is 9.70. The SMILES string of the molecule is COc1ccccc1[C@H]1C(C#N)=C(N)OC2=C1C(=O)CC(C)(C)C2. The Morgan fingerprint density at radius 2 is 2.04 bits per heavy atom. The number of carbonyl (C=O) groups is 1. The lowest BCUT2D eigenvalue weighted by Crippen LogP contribution is -2.33. The zero-order valence-electron chi connectivity index (χ0n) is 14.1. The minimum atomic E-state index is -0.543. The second-order valence-corrected chi connectivity index (χ2v) is 6.94. The van der Waals surface area contributed by atoms with Gasteiger partial charge in [-0.25, -0.2) is 0 Å². The average Bonchev–Trinajstić information content (AvgIpc) is 2.52. The second-order valence-electron chi connectivity index (χ2n) is 6.94. The number of nitriles is 1. The number of ketones is 1. The zero-order chi connectivity index (χ0) is 17.5. The van der Waals surface area contributed by atoms with E-state index < -0.39 is 5.92 Å². The minimum absolute atomic E-state index is 0.00240. The number of rotatable bonds is 2. The van der Waals surface area contributed by atoms with Crippen molar-refractivity contribution >= 4 is 5.78 Å². The van der Waals surface area contributed by atoms with Gasteiger partial charge in [-0.2, -0.15) is 5.26 Å². The van der Waals surface area contributed by atoms with Crippen LogP contribution in [-0.4, -0.2) is 12.9 Å². The molecular formula is C19H20N2O3. The third kappa shape index (κ3) is 2.54. The van der Waals surface area contributed by atoms with Crippen molar-refractivity contribution in [3.8, 4) is 11.8 Å². The number of nitrogens with zero attached hydrogens (tertiary/aromatic N) is 1.